The van der Waals surface area contributed by atoms with Crippen LogP contribution in [0.2, 0.25) is 0 Å². The van der Waals surface area contributed by atoms with Crippen molar-refractivity contribution in [2.75, 3.05) is 39.5 Å². The number of piperidine rings is 1. The van der Waals surface area contributed by atoms with Gasteiger partial charge in [0.25, 0.3) is 0 Å². The Balaban J connectivity index is 1.39. The second-order valence-corrected chi connectivity index (χ2v) is 9.81. The summed E-state index contributed by atoms with van der Waals surface area (Å²) < 4.78 is 0. The fourth-order valence-electron chi connectivity index (χ4n) is 6.29. The first kappa shape index (κ1) is 18.0. The van der Waals surface area contributed by atoms with Gasteiger partial charge in [0.2, 0.25) is 5.91 Å². The first-order valence-corrected chi connectivity index (χ1v) is 11.8. The fourth-order valence-corrected chi connectivity index (χ4v) is 6.70. The van der Waals surface area contributed by atoms with E-state index in [4.69, 9.17) is 0 Å². The smallest absolute Gasteiger partial charge is 0.243 e. The van der Waals surface area contributed by atoms with Gasteiger partial charge in [0.1, 0.15) is 5.54 Å². The summed E-state index contributed by atoms with van der Waals surface area (Å²) in [6.07, 6.45) is 7.80. The zero-order valence-electron chi connectivity index (χ0n) is 16.6. The number of carbonyl (C=O) groups excluding carboxylic acids is 1. The Labute approximate surface area is 167 Å². The maximum absolute atomic E-state index is 13.7. The molecule has 0 unspecified atom stereocenters. The molecule has 5 heteroatoms. The Morgan fingerprint density at radius 3 is 2.56 bits per heavy atom. The molecule has 4 nitrogen and oxygen atoms in total. The highest BCUT2D eigenvalue weighted by molar-refractivity contribution is 7.98. The van der Waals surface area contributed by atoms with Gasteiger partial charge in [-0.3, -0.25) is 9.69 Å². The molecule has 146 valence electrons. The van der Waals surface area contributed by atoms with E-state index in [0.29, 0.717) is 23.9 Å². The molecule has 4 saturated heterocycles. The van der Waals surface area contributed by atoms with E-state index in [1.165, 1.54) is 16.9 Å². The molecule has 5 rings (SSSR count). The zero-order chi connectivity index (χ0) is 18.6. The van der Waals surface area contributed by atoms with Gasteiger partial charge in [0.15, 0.2) is 0 Å². The van der Waals surface area contributed by atoms with E-state index >= 15 is 0 Å². The van der Waals surface area contributed by atoms with Crippen molar-refractivity contribution in [2.45, 2.75) is 54.6 Å². The van der Waals surface area contributed by atoms with E-state index in [2.05, 4.69) is 52.3 Å². The molecule has 3 atom stereocenters. The van der Waals surface area contributed by atoms with Gasteiger partial charge in [-0.1, -0.05) is 12.1 Å². The van der Waals surface area contributed by atoms with E-state index < -0.39 is 0 Å². The van der Waals surface area contributed by atoms with Crippen molar-refractivity contribution in [3.8, 4) is 0 Å². The third kappa shape index (κ3) is 2.69. The van der Waals surface area contributed by atoms with Gasteiger partial charge >= 0.3 is 0 Å². The topological polar surface area (TPSA) is 26.8 Å². The number of hydrogen-bond donors (Lipinski definition) is 0. The Kier molecular flexibility index (Phi) is 4.53. The van der Waals surface area contributed by atoms with Crippen LogP contribution < -0.4 is 0 Å². The van der Waals surface area contributed by atoms with Gasteiger partial charge in [-0.25, -0.2) is 0 Å². The van der Waals surface area contributed by atoms with E-state index in [0.717, 1.165) is 51.9 Å². The monoisotopic (exact) mass is 385 g/mol. The number of nitrogens with zero attached hydrogens (tertiary/aromatic N) is 3. The predicted molar refractivity (Wildman–Crippen MR) is 110 cm³/mol. The van der Waals surface area contributed by atoms with Gasteiger partial charge in [-0.2, -0.15) is 0 Å². The quantitative estimate of drug-likeness (QED) is 0.747. The SMILES string of the molecule is CSc1ccc([C@@H]2C[C@H]3CN(C4CCN(C)CC4)C(=O)[C@]34CCCN24)cc1. The highest BCUT2D eigenvalue weighted by Crippen LogP contribution is 2.56. The summed E-state index contributed by atoms with van der Waals surface area (Å²) >= 11 is 1.79. The van der Waals surface area contributed by atoms with Gasteiger partial charge < -0.3 is 9.80 Å². The maximum Gasteiger partial charge on any atom is 0.243 e. The minimum Gasteiger partial charge on any atom is -0.338 e. The van der Waals surface area contributed by atoms with Gasteiger partial charge in [0, 0.05) is 29.4 Å². The second kappa shape index (κ2) is 6.78. The molecule has 27 heavy (non-hydrogen) atoms. The molecule has 1 aromatic carbocycles. The molecule has 0 radical (unpaired) electrons. The summed E-state index contributed by atoms with van der Waals surface area (Å²) in [5.41, 5.74) is 1.22. The standard InChI is InChI=1S/C22H31N3OS/c1-23-12-8-18(9-13-23)24-15-17-14-20(16-4-6-19(27-2)7-5-16)25-11-3-10-22(17,25)21(24)26/h4-7,17-18,20H,3,8-15H2,1-2H3/t17-,20-,22-/m0/s1. The molecule has 1 amide bonds. The molecule has 4 aliphatic rings. The second-order valence-electron chi connectivity index (χ2n) is 8.93. The molecule has 4 aliphatic heterocycles. The van der Waals surface area contributed by atoms with Crippen LogP contribution in [0.1, 0.15) is 43.7 Å². The number of benzene rings is 1. The average molecular weight is 386 g/mol. The fraction of sp³-hybridized carbons (Fsp3) is 0.682. The van der Waals surface area contributed by atoms with Crippen LogP contribution in [-0.2, 0) is 4.79 Å². The number of amides is 1. The lowest BCUT2D eigenvalue weighted by Gasteiger charge is -2.38. The highest BCUT2D eigenvalue weighted by atomic mass is 32.2. The van der Waals surface area contributed by atoms with Crippen molar-refractivity contribution in [1.82, 2.24) is 14.7 Å². The Morgan fingerprint density at radius 2 is 1.85 bits per heavy atom. The summed E-state index contributed by atoms with van der Waals surface area (Å²) in [7, 11) is 2.20. The molecule has 4 heterocycles. The van der Waals surface area contributed by atoms with E-state index in [9.17, 15) is 4.79 Å². The van der Waals surface area contributed by atoms with Crippen molar-refractivity contribution < 1.29 is 4.79 Å². The van der Waals surface area contributed by atoms with Crippen LogP contribution in [0.3, 0.4) is 0 Å². The largest absolute Gasteiger partial charge is 0.338 e. The average Bonchev–Trinajstić information content (AvgIpc) is 3.33. The van der Waals surface area contributed by atoms with Crippen LogP contribution in [0.5, 0.6) is 0 Å². The van der Waals surface area contributed by atoms with E-state index in [1.54, 1.807) is 11.8 Å². The summed E-state index contributed by atoms with van der Waals surface area (Å²) in [5.74, 6) is 0.972. The summed E-state index contributed by atoms with van der Waals surface area (Å²) in [6, 6.07) is 9.96. The van der Waals surface area contributed by atoms with Crippen LogP contribution in [0, 0.1) is 5.92 Å². The summed E-state index contributed by atoms with van der Waals surface area (Å²) in [6.45, 7) is 4.32. The molecule has 1 spiro atoms. The summed E-state index contributed by atoms with van der Waals surface area (Å²) in [5, 5.41) is 0. The molecule has 0 aromatic heterocycles. The predicted octanol–water partition coefficient (Wildman–Crippen LogP) is 3.24. The van der Waals surface area contributed by atoms with Gasteiger partial charge in [-0.05, 0) is 82.7 Å². The third-order valence-electron chi connectivity index (χ3n) is 7.71. The van der Waals surface area contributed by atoms with Crippen LogP contribution in [0.15, 0.2) is 29.2 Å². The highest BCUT2D eigenvalue weighted by Gasteiger charge is 2.65. The normalized spacial score (nSPS) is 35.0. The van der Waals surface area contributed by atoms with Crippen LogP contribution >= 0.6 is 11.8 Å². The maximum atomic E-state index is 13.7. The molecule has 0 N–H and O–H groups in total. The Hall–Kier alpha value is -1.04. The molecule has 0 bridgehead atoms. The lowest BCUT2D eigenvalue weighted by atomic mass is 9.85. The van der Waals surface area contributed by atoms with Crippen molar-refractivity contribution in [1.29, 1.82) is 0 Å². The van der Waals surface area contributed by atoms with Gasteiger partial charge in [0.05, 0.1) is 0 Å². The number of carbonyl (C=O) groups is 1. The molecule has 0 saturated carbocycles. The third-order valence-corrected chi connectivity index (χ3v) is 8.45. The first-order chi connectivity index (χ1) is 13.1. The number of hydrogen-bond acceptors (Lipinski definition) is 4. The van der Waals surface area contributed by atoms with E-state index in [1.807, 2.05) is 0 Å². The molecular weight excluding hydrogens is 354 g/mol. The number of likely N-dealkylation sites (tertiary alicyclic amines) is 2. The van der Waals surface area contributed by atoms with E-state index in [-0.39, 0.29) is 5.54 Å². The van der Waals surface area contributed by atoms with Crippen LogP contribution in [-0.4, -0.2) is 71.7 Å². The minimum absolute atomic E-state index is 0.188. The molecule has 1 aromatic rings. The number of thioether (sulfide) groups is 1. The molecule has 0 aliphatic carbocycles. The minimum atomic E-state index is -0.188. The first-order valence-electron chi connectivity index (χ1n) is 10.5. The van der Waals surface area contributed by atoms with Crippen molar-refractivity contribution >= 4 is 17.7 Å². The Bertz CT molecular complexity index is 715. The zero-order valence-corrected chi connectivity index (χ0v) is 17.4. The molecular formula is C22H31N3OS. The lowest BCUT2D eigenvalue weighted by molar-refractivity contribution is -0.139. The molecule has 4 fully saturated rings. The van der Waals surface area contributed by atoms with Crippen LogP contribution in [0.4, 0.5) is 0 Å². The van der Waals surface area contributed by atoms with Crippen LogP contribution in [0.25, 0.3) is 0 Å². The number of rotatable bonds is 3. The lowest BCUT2D eigenvalue weighted by Crippen LogP contribution is -2.52. The summed E-state index contributed by atoms with van der Waals surface area (Å²) in [4.78, 5) is 22.3. The van der Waals surface area contributed by atoms with Crippen molar-refractivity contribution in [3.63, 3.8) is 0 Å². The van der Waals surface area contributed by atoms with Crippen molar-refractivity contribution in [2.24, 2.45) is 5.92 Å². The Morgan fingerprint density at radius 1 is 1.11 bits per heavy atom. The van der Waals surface area contributed by atoms with Crippen molar-refractivity contribution in [3.05, 3.63) is 29.8 Å². The van der Waals surface area contributed by atoms with Gasteiger partial charge in [-0.15, -0.1) is 11.8 Å².